The smallest absolute Gasteiger partial charge is 0.163 e. The molecule has 5 nitrogen and oxygen atoms in total. The van der Waals surface area contributed by atoms with Crippen molar-refractivity contribution in [2.24, 2.45) is 0 Å². The van der Waals surface area contributed by atoms with Crippen molar-refractivity contribution < 1.29 is 4.74 Å². The van der Waals surface area contributed by atoms with Crippen LogP contribution in [-0.2, 0) is 4.74 Å². The lowest BCUT2D eigenvalue weighted by molar-refractivity contribution is 0.0189. The van der Waals surface area contributed by atoms with Crippen LogP contribution in [0.2, 0.25) is 0 Å². The highest BCUT2D eigenvalue weighted by atomic mass is 16.5. The highest BCUT2D eigenvalue weighted by Gasteiger charge is 2.24. The molecule has 0 amide bonds. The van der Waals surface area contributed by atoms with Gasteiger partial charge >= 0.3 is 0 Å². The van der Waals surface area contributed by atoms with E-state index in [9.17, 15) is 0 Å². The van der Waals surface area contributed by atoms with E-state index in [2.05, 4.69) is 33.9 Å². The number of aromatic nitrogens is 3. The Kier molecular flexibility index (Phi) is 3.56. The Morgan fingerprint density at radius 2 is 2.38 bits per heavy atom. The van der Waals surface area contributed by atoms with E-state index < -0.39 is 0 Å². The number of aryl methyl sites for hydroxylation is 1. The molecule has 0 spiro atoms. The van der Waals surface area contributed by atoms with Crippen LogP contribution in [0.4, 0.5) is 0 Å². The third kappa shape index (κ3) is 2.10. The summed E-state index contributed by atoms with van der Waals surface area (Å²) in [5.41, 5.74) is 0. The molecule has 90 valence electrons. The summed E-state index contributed by atoms with van der Waals surface area (Å²) in [6, 6.07) is 0.426. The number of rotatable bonds is 3. The second kappa shape index (κ2) is 4.93. The monoisotopic (exact) mass is 224 g/mol. The standard InChI is InChI=1S/C11H20N4O/c1-4-8(2)15-9(3)13-14-11(15)10-7-12-5-6-16-10/h8,10,12H,4-7H2,1-3H3. The SMILES string of the molecule is CCC(C)n1c(C)nnc1C1CNCCO1. The van der Waals surface area contributed by atoms with E-state index in [-0.39, 0.29) is 6.10 Å². The summed E-state index contributed by atoms with van der Waals surface area (Å²) in [7, 11) is 0. The second-order valence-corrected chi connectivity index (χ2v) is 4.30. The molecule has 0 radical (unpaired) electrons. The average molecular weight is 224 g/mol. The quantitative estimate of drug-likeness (QED) is 0.838. The Morgan fingerprint density at radius 1 is 1.56 bits per heavy atom. The predicted octanol–water partition coefficient (Wildman–Crippen LogP) is 1.22. The van der Waals surface area contributed by atoms with Gasteiger partial charge in [0, 0.05) is 19.1 Å². The van der Waals surface area contributed by atoms with Crippen molar-refractivity contribution in [1.29, 1.82) is 0 Å². The molecule has 2 rings (SSSR count). The molecule has 1 aromatic heterocycles. The average Bonchev–Trinajstić information content (AvgIpc) is 2.71. The van der Waals surface area contributed by atoms with E-state index in [0.717, 1.165) is 37.8 Å². The van der Waals surface area contributed by atoms with Crippen molar-refractivity contribution in [2.45, 2.75) is 39.3 Å². The van der Waals surface area contributed by atoms with Gasteiger partial charge in [-0.15, -0.1) is 10.2 Å². The lowest BCUT2D eigenvalue weighted by atomic mass is 10.2. The first-order chi connectivity index (χ1) is 7.74. The molecular weight excluding hydrogens is 204 g/mol. The summed E-state index contributed by atoms with van der Waals surface area (Å²) >= 11 is 0. The molecule has 0 bridgehead atoms. The number of morpholine rings is 1. The topological polar surface area (TPSA) is 52.0 Å². The molecule has 16 heavy (non-hydrogen) atoms. The summed E-state index contributed by atoms with van der Waals surface area (Å²) in [4.78, 5) is 0. The number of ether oxygens (including phenoxy) is 1. The Bertz CT molecular complexity index is 344. The lowest BCUT2D eigenvalue weighted by Gasteiger charge is -2.25. The minimum atomic E-state index is 0.0453. The first-order valence-electron chi connectivity index (χ1n) is 5.97. The molecule has 1 N–H and O–H groups in total. The zero-order valence-electron chi connectivity index (χ0n) is 10.2. The summed E-state index contributed by atoms with van der Waals surface area (Å²) in [6.45, 7) is 8.86. The Balaban J connectivity index is 2.25. The molecule has 0 aliphatic carbocycles. The molecule has 1 fully saturated rings. The van der Waals surface area contributed by atoms with Crippen LogP contribution in [0.5, 0.6) is 0 Å². The minimum absolute atomic E-state index is 0.0453. The van der Waals surface area contributed by atoms with Gasteiger partial charge in [0.15, 0.2) is 5.82 Å². The van der Waals surface area contributed by atoms with E-state index in [1.165, 1.54) is 0 Å². The number of hydrogen-bond acceptors (Lipinski definition) is 4. The van der Waals surface area contributed by atoms with Crippen molar-refractivity contribution >= 4 is 0 Å². The number of nitrogens with one attached hydrogen (secondary N) is 1. The van der Waals surface area contributed by atoms with E-state index in [1.807, 2.05) is 6.92 Å². The molecule has 1 aromatic rings. The van der Waals surface area contributed by atoms with Crippen molar-refractivity contribution in [1.82, 2.24) is 20.1 Å². The molecule has 1 aliphatic rings. The summed E-state index contributed by atoms with van der Waals surface area (Å²) in [5, 5.41) is 11.7. The van der Waals surface area contributed by atoms with Gasteiger partial charge in [0.1, 0.15) is 11.9 Å². The maximum atomic E-state index is 5.73. The molecule has 5 heteroatoms. The maximum absolute atomic E-state index is 5.73. The molecule has 0 aromatic carbocycles. The van der Waals surface area contributed by atoms with E-state index in [1.54, 1.807) is 0 Å². The van der Waals surface area contributed by atoms with Gasteiger partial charge in [-0.1, -0.05) is 6.92 Å². The second-order valence-electron chi connectivity index (χ2n) is 4.30. The first-order valence-corrected chi connectivity index (χ1v) is 5.97. The Hall–Kier alpha value is -0.940. The third-order valence-corrected chi connectivity index (χ3v) is 3.14. The van der Waals surface area contributed by atoms with Gasteiger partial charge < -0.3 is 14.6 Å². The van der Waals surface area contributed by atoms with Crippen LogP contribution in [0.25, 0.3) is 0 Å². The third-order valence-electron chi connectivity index (χ3n) is 3.14. The number of nitrogens with zero attached hydrogens (tertiary/aromatic N) is 3. The minimum Gasteiger partial charge on any atom is -0.368 e. The fourth-order valence-electron chi connectivity index (χ4n) is 2.06. The van der Waals surface area contributed by atoms with Gasteiger partial charge in [-0.2, -0.15) is 0 Å². The van der Waals surface area contributed by atoms with Crippen LogP contribution in [0.1, 0.15) is 44.1 Å². The van der Waals surface area contributed by atoms with E-state index in [0.29, 0.717) is 6.04 Å². The largest absolute Gasteiger partial charge is 0.368 e. The molecule has 0 saturated carbocycles. The van der Waals surface area contributed by atoms with Crippen LogP contribution in [0, 0.1) is 6.92 Å². The van der Waals surface area contributed by atoms with E-state index in [4.69, 9.17) is 4.74 Å². The van der Waals surface area contributed by atoms with Crippen molar-refractivity contribution in [2.75, 3.05) is 19.7 Å². The maximum Gasteiger partial charge on any atom is 0.163 e. The summed E-state index contributed by atoms with van der Waals surface area (Å²) in [5.74, 6) is 1.93. The van der Waals surface area contributed by atoms with Gasteiger partial charge in [0.25, 0.3) is 0 Å². The van der Waals surface area contributed by atoms with Crippen molar-refractivity contribution in [3.05, 3.63) is 11.6 Å². The molecule has 2 heterocycles. The Labute approximate surface area is 96.2 Å². The van der Waals surface area contributed by atoms with Gasteiger partial charge in [-0.25, -0.2) is 0 Å². The Morgan fingerprint density at radius 3 is 3.00 bits per heavy atom. The van der Waals surface area contributed by atoms with Crippen LogP contribution in [0.15, 0.2) is 0 Å². The highest BCUT2D eigenvalue weighted by Crippen LogP contribution is 2.22. The lowest BCUT2D eigenvalue weighted by Crippen LogP contribution is -2.35. The molecule has 2 atom stereocenters. The normalized spacial score (nSPS) is 23.3. The zero-order valence-corrected chi connectivity index (χ0v) is 10.2. The van der Waals surface area contributed by atoms with Crippen LogP contribution < -0.4 is 5.32 Å². The van der Waals surface area contributed by atoms with E-state index >= 15 is 0 Å². The van der Waals surface area contributed by atoms with Gasteiger partial charge in [-0.05, 0) is 20.3 Å². The molecule has 1 saturated heterocycles. The molecular formula is C11H20N4O. The zero-order chi connectivity index (χ0) is 11.5. The summed E-state index contributed by atoms with van der Waals surface area (Å²) in [6.07, 6.45) is 1.12. The van der Waals surface area contributed by atoms with Gasteiger partial charge in [-0.3, -0.25) is 0 Å². The van der Waals surface area contributed by atoms with Crippen LogP contribution >= 0.6 is 0 Å². The molecule has 1 aliphatic heterocycles. The predicted molar refractivity (Wildman–Crippen MR) is 61.3 cm³/mol. The van der Waals surface area contributed by atoms with Crippen molar-refractivity contribution in [3.8, 4) is 0 Å². The van der Waals surface area contributed by atoms with Gasteiger partial charge in [0.2, 0.25) is 0 Å². The van der Waals surface area contributed by atoms with Gasteiger partial charge in [0.05, 0.1) is 6.61 Å². The fourth-order valence-corrected chi connectivity index (χ4v) is 2.06. The fraction of sp³-hybridized carbons (Fsp3) is 0.818. The summed E-state index contributed by atoms with van der Waals surface area (Å²) < 4.78 is 7.92. The highest BCUT2D eigenvalue weighted by molar-refractivity contribution is 5.01. The van der Waals surface area contributed by atoms with Crippen molar-refractivity contribution in [3.63, 3.8) is 0 Å². The molecule has 2 unspecified atom stereocenters. The number of hydrogen-bond donors (Lipinski definition) is 1. The first kappa shape index (κ1) is 11.5. The van der Waals surface area contributed by atoms with Crippen LogP contribution in [-0.4, -0.2) is 34.5 Å². The van der Waals surface area contributed by atoms with Crippen LogP contribution in [0.3, 0.4) is 0 Å².